The molecule has 0 fully saturated rings. The number of nitrogens with zero attached hydrogens (tertiary/aromatic N) is 4. The molecule has 0 spiro atoms. The quantitative estimate of drug-likeness (QED) is 0.696. The minimum atomic E-state index is 0.579. The summed E-state index contributed by atoms with van der Waals surface area (Å²) in [4.78, 5) is 8.14. The highest BCUT2D eigenvalue weighted by atomic mass is 16.5. The lowest BCUT2D eigenvalue weighted by molar-refractivity contribution is 0.434. The highest BCUT2D eigenvalue weighted by molar-refractivity contribution is 5.65. The largest absolute Gasteiger partial charge is 0.356 e. The first-order valence-corrected chi connectivity index (χ1v) is 5.60. The molecule has 2 aromatic heterocycles. The van der Waals surface area contributed by atoms with E-state index in [-0.39, 0.29) is 0 Å². The van der Waals surface area contributed by atoms with Crippen LogP contribution in [0.1, 0.15) is 5.56 Å². The van der Waals surface area contributed by atoms with E-state index in [0.717, 1.165) is 5.56 Å². The van der Waals surface area contributed by atoms with Gasteiger partial charge in [-0.05, 0) is 12.1 Å². The Morgan fingerprint density at radius 2 is 2.05 bits per heavy atom. The van der Waals surface area contributed by atoms with Crippen LogP contribution in [0.25, 0.3) is 22.7 Å². The summed E-state index contributed by atoms with van der Waals surface area (Å²) in [5, 5.41) is 12.8. The number of benzene rings is 1. The fourth-order valence-electron chi connectivity index (χ4n) is 1.71. The molecule has 3 rings (SSSR count). The van der Waals surface area contributed by atoms with Crippen LogP contribution < -0.4 is 0 Å². The highest BCUT2D eigenvalue weighted by Crippen LogP contribution is 2.24. The van der Waals surface area contributed by atoms with Crippen molar-refractivity contribution in [3.8, 4) is 28.8 Å². The monoisotopic (exact) mass is 248 g/mol. The Labute approximate surface area is 109 Å². The van der Waals surface area contributed by atoms with E-state index in [1.54, 1.807) is 42.9 Å². The Kier molecular flexibility index (Phi) is 2.75. The van der Waals surface area contributed by atoms with Gasteiger partial charge in [0, 0.05) is 24.0 Å². The minimum absolute atomic E-state index is 0.579. The van der Waals surface area contributed by atoms with Crippen molar-refractivity contribution in [3.05, 3.63) is 54.5 Å². The molecule has 5 nitrogen and oxygen atoms in total. The molecule has 0 aliphatic rings. The van der Waals surface area contributed by atoms with Crippen LogP contribution in [0, 0.1) is 11.3 Å². The van der Waals surface area contributed by atoms with E-state index in [0.29, 0.717) is 22.7 Å². The first-order chi connectivity index (χ1) is 9.36. The van der Waals surface area contributed by atoms with Crippen molar-refractivity contribution in [1.29, 1.82) is 5.26 Å². The number of rotatable bonds is 2. The summed E-state index contributed by atoms with van der Waals surface area (Å²) in [6.07, 6.45) is 4.81. The summed E-state index contributed by atoms with van der Waals surface area (Å²) < 4.78 is 5.28. The molecule has 0 saturated carbocycles. The maximum absolute atomic E-state index is 8.88. The van der Waals surface area contributed by atoms with E-state index < -0.39 is 0 Å². The van der Waals surface area contributed by atoms with Gasteiger partial charge in [-0.2, -0.15) is 5.26 Å². The molecule has 2 heterocycles. The van der Waals surface area contributed by atoms with Crippen molar-refractivity contribution in [2.45, 2.75) is 0 Å². The Morgan fingerprint density at radius 1 is 1.11 bits per heavy atom. The number of aromatic nitrogens is 3. The lowest BCUT2D eigenvalue weighted by atomic mass is 10.1. The van der Waals surface area contributed by atoms with Gasteiger partial charge < -0.3 is 4.52 Å². The van der Waals surface area contributed by atoms with E-state index >= 15 is 0 Å². The Balaban J connectivity index is 2.00. The molecule has 0 aliphatic carbocycles. The predicted octanol–water partition coefficient (Wildman–Crippen LogP) is 2.67. The second kappa shape index (κ2) is 4.70. The van der Waals surface area contributed by atoms with Crippen LogP contribution in [0.5, 0.6) is 0 Å². The van der Waals surface area contributed by atoms with Gasteiger partial charge in [0.05, 0.1) is 17.8 Å². The van der Waals surface area contributed by atoms with Crippen molar-refractivity contribution in [2.24, 2.45) is 0 Å². The SMILES string of the molecule is N#Cc1cccc(-c2cc(-c3cnccn3)no2)c1. The molecule has 0 atom stereocenters. The molecular weight excluding hydrogens is 240 g/mol. The fraction of sp³-hybridized carbons (Fsp3) is 0. The molecule has 0 amide bonds. The van der Waals surface area contributed by atoms with Crippen LogP contribution in [0.2, 0.25) is 0 Å². The van der Waals surface area contributed by atoms with Gasteiger partial charge in [0.15, 0.2) is 5.76 Å². The van der Waals surface area contributed by atoms with E-state index in [4.69, 9.17) is 9.78 Å². The predicted molar refractivity (Wildman–Crippen MR) is 67.7 cm³/mol. The molecule has 3 aromatic rings. The Hall–Kier alpha value is -3.00. The van der Waals surface area contributed by atoms with Gasteiger partial charge in [-0.15, -0.1) is 0 Å². The summed E-state index contributed by atoms with van der Waals surface area (Å²) >= 11 is 0. The van der Waals surface area contributed by atoms with Crippen LogP contribution in [0.4, 0.5) is 0 Å². The third-order valence-corrected chi connectivity index (χ3v) is 2.61. The van der Waals surface area contributed by atoms with Crippen LogP contribution in [0.15, 0.2) is 53.4 Å². The average molecular weight is 248 g/mol. The van der Waals surface area contributed by atoms with Gasteiger partial charge in [-0.1, -0.05) is 17.3 Å². The van der Waals surface area contributed by atoms with Crippen molar-refractivity contribution in [3.63, 3.8) is 0 Å². The second-order valence-corrected chi connectivity index (χ2v) is 3.86. The van der Waals surface area contributed by atoms with Crippen LogP contribution >= 0.6 is 0 Å². The molecule has 0 N–H and O–H groups in total. The third kappa shape index (κ3) is 2.19. The summed E-state index contributed by atoms with van der Waals surface area (Å²) in [6.45, 7) is 0. The summed E-state index contributed by atoms with van der Waals surface area (Å²) in [5.41, 5.74) is 2.65. The topological polar surface area (TPSA) is 75.6 Å². The summed E-state index contributed by atoms with van der Waals surface area (Å²) in [6, 6.07) is 11.0. The zero-order valence-electron chi connectivity index (χ0n) is 9.82. The standard InChI is InChI=1S/C14H8N4O/c15-8-10-2-1-3-11(6-10)14-7-12(18-19-14)13-9-16-4-5-17-13/h1-7,9H. The zero-order valence-corrected chi connectivity index (χ0v) is 9.82. The summed E-state index contributed by atoms with van der Waals surface area (Å²) in [7, 11) is 0. The number of hydrogen-bond acceptors (Lipinski definition) is 5. The molecule has 1 aromatic carbocycles. The van der Waals surface area contributed by atoms with Gasteiger partial charge in [0.25, 0.3) is 0 Å². The Bertz CT molecular complexity index is 743. The van der Waals surface area contributed by atoms with Crippen molar-refractivity contribution < 1.29 is 4.52 Å². The van der Waals surface area contributed by atoms with Crippen molar-refractivity contribution in [1.82, 2.24) is 15.1 Å². The maximum Gasteiger partial charge on any atom is 0.167 e. The van der Waals surface area contributed by atoms with Gasteiger partial charge in [0.1, 0.15) is 11.4 Å². The van der Waals surface area contributed by atoms with E-state index in [1.165, 1.54) is 0 Å². The van der Waals surface area contributed by atoms with Crippen LogP contribution in [-0.4, -0.2) is 15.1 Å². The van der Waals surface area contributed by atoms with Gasteiger partial charge in [0.2, 0.25) is 0 Å². The normalized spacial score (nSPS) is 10.1. The fourth-order valence-corrected chi connectivity index (χ4v) is 1.71. The van der Waals surface area contributed by atoms with Gasteiger partial charge in [-0.25, -0.2) is 0 Å². The summed E-state index contributed by atoms with van der Waals surface area (Å²) in [5.74, 6) is 0.595. The van der Waals surface area contributed by atoms with Crippen LogP contribution in [-0.2, 0) is 0 Å². The second-order valence-electron chi connectivity index (χ2n) is 3.86. The highest BCUT2D eigenvalue weighted by Gasteiger charge is 2.09. The average Bonchev–Trinajstić information content (AvgIpc) is 2.98. The van der Waals surface area contributed by atoms with Crippen molar-refractivity contribution in [2.75, 3.05) is 0 Å². The molecule has 0 saturated heterocycles. The molecule has 0 bridgehead atoms. The molecule has 90 valence electrons. The zero-order chi connectivity index (χ0) is 13.1. The van der Waals surface area contributed by atoms with E-state index in [9.17, 15) is 0 Å². The smallest absolute Gasteiger partial charge is 0.167 e. The van der Waals surface area contributed by atoms with Gasteiger partial charge >= 0.3 is 0 Å². The molecule has 0 unspecified atom stereocenters. The van der Waals surface area contributed by atoms with Gasteiger partial charge in [-0.3, -0.25) is 9.97 Å². The first kappa shape index (κ1) is 11.1. The molecular formula is C14H8N4O. The molecule has 0 aliphatic heterocycles. The number of hydrogen-bond donors (Lipinski definition) is 0. The van der Waals surface area contributed by atoms with E-state index in [2.05, 4.69) is 21.2 Å². The number of nitriles is 1. The third-order valence-electron chi connectivity index (χ3n) is 2.61. The minimum Gasteiger partial charge on any atom is -0.356 e. The molecule has 5 heteroatoms. The first-order valence-electron chi connectivity index (χ1n) is 5.60. The lowest BCUT2D eigenvalue weighted by Gasteiger charge is -1.94. The maximum atomic E-state index is 8.88. The molecule has 19 heavy (non-hydrogen) atoms. The van der Waals surface area contributed by atoms with E-state index in [1.807, 2.05) is 6.07 Å². The van der Waals surface area contributed by atoms with Crippen molar-refractivity contribution >= 4 is 0 Å². The molecule has 0 radical (unpaired) electrons. The Morgan fingerprint density at radius 3 is 2.84 bits per heavy atom. The van der Waals surface area contributed by atoms with Crippen LogP contribution in [0.3, 0.4) is 0 Å². The lowest BCUT2D eigenvalue weighted by Crippen LogP contribution is -1.82.